The molecule has 0 fully saturated rings. The molecule has 0 aromatic heterocycles. The van der Waals surface area contributed by atoms with Crippen molar-refractivity contribution in [2.45, 2.75) is 19.4 Å². The van der Waals surface area contributed by atoms with Gasteiger partial charge in [0, 0.05) is 24.3 Å². The number of para-hydroxylation sites is 1. The Kier molecular flexibility index (Phi) is 3.77. The van der Waals surface area contributed by atoms with Gasteiger partial charge in [-0.2, -0.15) is 0 Å². The molecule has 0 unspecified atom stereocenters. The van der Waals surface area contributed by atoms with Gasteiger partial charge in [0.05, 0.1) is 0 Å². The Morgan fingerprint density at radius 1 is 1.14 bits per heavy atom. The van der Waals surface area contributed by atoms with Gasteiger partial charge in [0.1, 0.15) is 0 Å². The van der Waals surface area contributed by atoms with E-state index in [1.165, 1.54) is 23.2 Å². The lowest BCUT2D eigenvalue weighted by atomic mass is 10.0. The predicted octanol–water partition coefficient (Wildman–Crippen LogP) is 2.73. The fourth-order valence-electron chi connectivity index (χ4n) is 2.83. The van der Waals surface area contributed by atoms with E-state index in [1.807, 2.05) is 24.3 Å². The summed E-state index contributed by atoms with van der Waals surface area (Å²) in [4.78, 5) is 2.41. The Hall–Kier alpha value is -2.49. The second-order valence-electron chi connectivity index (χ2n) is 5.34. The largest absolute Gasteiger partial charge is 0.409 e. The molecular weight excluding hydrogens is 262 g/mol. The number of oxime groups is 1. The van der Waals surface area contributed by atoms with Crippen molar-refractivity contribution >= 4 is 11.5 Å². The molecule has 0 bridgehead atoms. The van der Waals surface area contributed by atoms with E-state index < -0.39 is 0 Å². The number of fused-ring (bicyclic) bond motifs is 1. The third-order valence-electron chi connectivity index (χ3n) is 3.94. The van der Waals surface area contributed by atoms with Crippen molar-refractivity contribution in [3.63, 3.8) is 0 Å². The third-order valence-corrected chi connectivity index (χ3v) is 3.94. The van der Waals surface area contributed by atoms with Crippen LogP contribution < -0.4 is 10.6 Å². The smallest absolute Gasteiger partial charge is 0.170 e. The fraction of sp³-hybridized carbons (Fsp3) is 0.235. The standard InChI is InChI=1S/C17H19N3O/c18-17(19-21)15-9-7-13(8-10-15)12-20-11-3-5-14-4-1-2-6-16(14)20/h1-2,4,6-10,21H,3,5,11-12H2,(H2,18,19). The molecule has 108 valence electrons. The molecule has 21 heavy (non-hydrogen) atoms. The minimum Gasteiger partial charge on any atom is -0.409 e. The van der Waals surface area contributed by atoms with E-state index in [0.29, 0.717) is 0 Å². The fourth-order valence-corrected chi connectivity index (χ4v) is 2.83. The summed E-state index contributed by atoms with van der Waals surface area (Å²) in [6, 6.07) is 16.4. The molecule has 2 aromatic rings. The quantitative estimate of drug-likeness (QED) is 0.393. The number of hydrogen-bond acceptors (Lipinski definition) is 3. The molecular formula is C17H19N3O. The molecule has 0 saturated carbocycles. The number of rotatable bonds is 3. The Morgan fingerprint density at radius 3 is 2.67 bits per heavy atom. The first-order chi connectivity index (χ1) is 10.3. The molecule has 0 aliphatic carbocycles. The van der Waals surface area contributed by atoms with Crippen LogP contribution in [0.5, 0.6) is 0 Å². The summed E-state index contributed by atoms with van der Waals surface area (Å²) in [7, 11) is 0. The summed E-state index contributed by atoms with van der Waals surface area (Å²) < 4.78 is 0. The van der Waals surface area contributed by atoms with Crippen LogP contribution in [0.25, 0.3) is 0 Å². The third kappa shape index (κ3) is 2.84. The molecule has 0 saturated heterocycles. The molecule has 4 nitrogen and oxygen atoms in total. The Morgan fingerprint density at radius 2 is 1.90 bits per heavy atom. The van der Waals surface area contributed by atoms with Crippen molar-refractivity contribution in [2.75, 3.05) is 11.4 Å². The van der Waals surface area contributed by atoms with E-state index in [0.717, 1.165) is 25.1 Å². The van der Waals surface area contributed by atoms with Crippen LogP contribution in [0.1, 0.15) is 23.1 Å². The number of nitrogens with two attached hydrogens (primary N) is 1. The van der Waals surface area contributed by atoms with E-state index >= 15 is 0 Å². The number of aryl methyl sites for hydroxylation is 1. The van der Waals surface area contributed by atoms with Gasteiger partial charge >= 0.3 is 0 Å². The molecule has 1 aliphatic heterocycles. The number of benzene rings is 2. The number of hydrogen-bond donors (Lipinski definition) is 2. The van der Waals surface area contributed by atoms with Gasteiger partial charge in [-0.05, 0) is 30.0 Å². The van der Waals surface area contributed by atoms with E-state index in [2.05, 4.69) is 34.3 Å². The summed E-state index contributed by atoms with van der Waals surface area (Å²) in [5, 5.41) is 11.7. The van der Waals surface area contributed by atoms with Crippen LogP contribution in [-0.4, -0.2) is 17.6 Å². The van der Waals surface area contributed by atoms with Crippen LogP contribution in [-0.2, 0) is 13.0 Å². The highest BCUT2D eigenvalue weighted by molar-refractivity contribution is 5.96. The highest BCUT2D eigenvalue weighted by Gasteiger charge is 2.16. The monoisotopic (exact) mass is 281 g/mol. The predicted molar refractivity (Wildman–Crippen MR) is 84.8 cm³/mol. The second kappa shape index (κ2) is 5.87. The molecule has 4 heteroatoms. The maximum Gasteiger partial charge on any atom is 0.170 e. The van der Waals surface area contributed by atoms with Crippen molar-refractivity contribution in [3.05, 3.63) is 65.2 Å². The maximum atomic E-state index is 8.68. The summed E-state index contributed by atoms with van der Waals surface area (Å²) in [5.41, 5.74) is 10.3. The van der Waals surface area contributed by atoms with Crippen LogP contribution in [0.3, 0.4) is 0 Å². The normalized spacial score (nSPS) is 14.9. The first-order valence-corrected chi connectivity index (χ1v) is 7.17. The average Bonchev–Trinajstić information content (AvgIpc) is 2.55. The molecule has 1 heterocycles. The average molecular weight is 281 g/mol. The van der Waals surface area contributed by atoms with Crippen molar-refractivity contribution in [2.24, 2.45) is 10.9 Å². The molecule has 0 spiro atoms. The van der Waals surface area contributed by atoms with Crippen LogP contribution in [0.15, 0.2) is 53.7 Å². The van der Waals surface area contributed by atoms with E-state index in [9.17, 15) is 0 Å². The Balaban J connectivity index is 1.79. The molecule has 2 aromatic carbocycles. The van der Waals surface area contributed by atoms with Gasteiger partial charge in [-0.3, -0.25) is 0 Å². The lowest BCUT2D eigenvalue weighted by Crippen LogP contribution is -2.28. The van der Waals surface area contributed by atoms with E-state index in [4.69, 9.17) is 10.9 Å². The van der Waals surface area contributed by atoms with Crippen LogP contribution in [0.4, 0.5) is 5.69 Å². The zero-order chi connectivity index (χ0) is 14.7. The highest BCUT2D eigenvalue weighted by Crippen LogP contribution is 2.28. The Bertz CT molecular complexity index is 649. The Labute approximate surface area is 124 Å². The van der Waals surface area contributed by atoms with Crippen LogP contribution in [0, 0.1) is 0 Å². The first-order valence-electron chi connectivity index (χ1n) is 7.17. The minimum absolute atomic E-state index is 0.143. The van der Waals surface area contributed by atoms with Gasteiger partial charge in [-0.1, -0.05) is 47.6 Å². The molecule has 0 amide bonds. The zero-order valence-corrected chi connectivity index (χ0v) is 11.9. The van der Waals surface area contributed by atoms with Crippen molar-refractivity contribution in [1.82, 2.24) is 0 Å². The maximum absolute atomic E-state index is 8.68. The van der Waals surface area contributed by atoms with Gasteiger partial charge in [-0.15, -0.1) is 0 Å². The van der Waals surface area contributed by atoms with Gasteiger partial charge in [0.25, 0.3) is 0 Å². The van der Waals surface area contributed by atoms with Crippen LogP contribution >= 0.6 is 0 Å². The molecule has 0 radical (unpaired) electrons. The van der Waals surface area contributed by atoms with Crippen LogP contribution in [0.2, 0.25) is 0 Å². The lowest BCUT2D eigenvalue weighted by Gasteiger charge is -2.31. The second-order valence-corrected chi connectivity index (χ2v) is 5.34. The summed E-state index contributed by atoms with van der Waals surface area (Å²) >= 11 is 0. The SMILES string of the molecule is N/C(=N\O)c1ccc(CN2CCCc3ccccc32)cc1. The molecule has 3 N–H and O–H groups in total. The topological polar surface area (TPSA) is 61.9 Å². The zero-order valence-electron chi connectivity index (χ0n) is 11.9. The van der Waals surface area contributed by atoms with Crippen molar-refractivity contribution in [1.29, 1.82) is 0 Å². The molecule has 3 rings (SSSR count). The minimum atomic E-state index is 0.143. The first kappa shape index (κ1) is 13.5. The summed E-state index contributed by atoms with van der Waals surface area (Å²) in [5.74, 6) is 0.143. The summed E-state index contributed by atoms with van der Waals surface area (Å²) in [6.45, 7) is 1.96. The molecule has 0 atom stereocenters. The van der Waals surface area contributed by atoms with Gasteiger partial charge < -0.3 is 15.8 Å². The number of anilines is 1. The lowest BCUT2D eigenvalue weighted by molar-refractivity contribution is 0.318. The summed E-state index contributed by atoms with van der Waals surface area (Å²) in [6.07, 6.45) is 2.36. The van der Waals surface area contributed by atoms with Crippen molar-refractivity contribution < 1.29 is 5.21 Å². The van der Waals surface area contributed by atoms with Gasteiger partial charge in [-0.25, -0.2) is 0 Å². The van der Waals surface area contributed by atoms with Crippen molar-refractivity contribution in [3.8, 4) is 0 Å². The molecule has 1 aliphatic rings. The van der Waals surface area contributed by atoms with Gasteiger partial charge in [0.15, 0.2) is 5.84 Å². The van der Waals surface area contributed by atoms with E-state index in [-0.39, 0.29) is 5.84 Å². The highest BCUT2D eigenvalue weighted by atomic mass is 16.4. The number of amidine groups is 1. The van der Waals surface area contributed by atoms with E-state index in [1.54, 1.807) is 0 Å². The van der Waals surface area contributed by atoms with Gasteiger partial charge in [0.2, 0.25) is 0 Å². The number of nitrogens with zero attached hydrogens (tertiary/aromatic N) is 2.